The van der Waals surface area contributed by atoms with Crippen LogP contribution in [0, 0.1) is 13.8 Å². The summed E-state index contributed by atoms with van der Waals surface area (Å²) in [5.41, 5.74) is 3.54. The Balaban J connectivity index is 2.27. The van der Waals surface area contributed by atoms with Gasteiger partial charge in [-0.1, -0.05) is 31.4 Å². The predicted octanol–water partition coefficient (Wildman–Crippen LogP) is 3.67. The second kappa shape index (κ2) is 6.15. The van der Waals surface area contributed by atoms with Crippen molar-refractivity contribution in [3.8, 4) is 5.82 Å². The summed E-state index contributed by atoms with van der Waals surface area (Å²) in [5, 5.41) is 12.9. The normalized spacial score (nSPS) is 10.9. The molecular weight excluding hydrogens is 260 g/mol. The largest absolute Gasteiger partial charge is 0.217 e. The third kappa shape index (κ3) is 3.13. The van der Waals surface area contributed by atoms with E-state index in [0.29, 0.717) is 11.0 Å². The van der Waals surface area contributed by atoms with Crippen molar-refractivity contribution in [2.45, 2.75) is 46.5 Å². The van der Waals surface area contributed by atoms with E-state index in [2.05, 4.69) is 29.1 Å². The Morgan fingerprint density at radius 3 is 2.58 bits per heavy atom. The maximum atomic E-state index is 5.76. The number of unbranched alkanes of at least 4 members (excludes halogenated alkanes) is 2. The highest BCUT2D eigenvalue weighted by Crippen LogP contribution is 2.19. The molecule has 2 aromatic heterocycles. The van der Waals surface area contributed by atoms with Gasteiger partial charge in [0.25, 0.3) is 0 Å². The van der Waals surface area contributed by atoms with Gasteiger partial charge in [0, 0.05) is 5.69 Å². The fourth-order valence-corrected chi connectivity index (χ4v) is 2.33. The molecule has 0 saturated carbocycles. The predicted molar refractivity (Wildman–Crippen MR) is 76.9 cm³/mol. The summed E-state index contributed by atoms with van der Waals surface area (Å²) in [6, 6.07) is 3.57. The molecule has 19 heavy (non-hydrogen) atoms. The lowest BCUT2D eigenvalue weighted by molar-refractivity contribution is 0.712. The summed E-state index contributed by atoms with van der Waals surface area (Å²) in [5.74, 6) is 0.715. The maximum absolute atomic E-state index is 5.76. The molecule has 2 heterocycles. The monoisotopic (exact) mass is 278 g/mol. The zero-order valence-corrected chi connectivity index (χ0v) is 12.4. The van der Waals surface area contributed by atoms with Crippen LogP contribution in [0.15, 0.2) is 12.1 Å². The van der Waals surface area contributed by atoms with Crippen LogP contribution in [-0.4, -0.2) is 20.0 Å². The van der Waals surface area contributed by atoms with E-state index in [0.717, 1.165) is 17.8 Å². The standard InChI is InChI=1S/C14H19ClN4/c1-4-5-6-7-12-10(2)18-19(11(12)3)14-9-8-13(15)16-17-14/h8-9H,4-7H2,1-3H3. The first-order valence-corrected chi connectivity index (χ1v) is 7.06. The molecular formula is C14H19ClN4. The summed E-state index contributed by atoms with van der Waals surface area (Å²) < 4.78 is 1.85. The van der Waals surface area contributed by atoms with E-state index < -0.39 is 0 Å². The minimum atomic E-state index is 0.397. The Morgan fingerprint density at radius 2 is 1.95 bits per heavy atom. The minimum Gasteiger partial charge on any atom is -0.217 e. The number of nitrogens with zero attached hydrogens (tertiary/aromatic N) is 4. The third-order valence-electron chi connectivity index (χ3n) is 3.31. The molecule has 0 spiro atoms. The van der Waals surface area contributed by atoms with Crippen molar-refractivity contribution in [1.82, 2.24) is 20.0 Å². The molecule has 0 unspecified atom stereocenters. The van der Waals surface area contributed by atoms with Crippen molar-refractivity contribution in [2.75, 3.05) is 0 Å². The smallest absolute Gasteiger partial charge is 0.176 e. The van der Waals surface area contributed by atoms with Crippen molar-refractivity contribution >= 4 is 11.6 Å². The molecule has 0 atom stereocenters. The molecule has 4 nitrogen and oxygen atoms in total. The first-order valence-electron chi connectivity index (χ1n) is 6.68. The van der Waals surface area contributed by atoms with Gasteiger partial charge >= 0.3 is 0 Å². The highest BCUT2D eigenvalue weighted by atomic mass is 35.5. The second-order valence-electron chi connectivity index (χ2n) is 4.73. The van der Waals surface area contributed by atoms with Crippen molar-refractivity contribution in [3.63, 3.8) is 0 Å². The van der Waals surface area contributed by atoms with Crippen molar-refractivity contribution in [2.24, 2.45) is 0 Å². The lowest BCUT2D eigenvalue weighted by atomic mass is 10.1. The number of halogens is 1. The van der Waals surface area contributed by atoms with Crippen LogP contribution in [0.3, 0.4) is 0 Å². The molecule has 0 bridgehead atoms. The average molecular weight is 279 g/mol. The molecule has 102 valence electrons. The average Bonchev–Trinajstić information content (AvgIpc) is 2.68. The molecule has 0 aliphatic heterocycles. The van der Waals surface area contributed by atoms with Crippen LogP contribution < -0.4 is 0 Å². The Labute approximate surface area is 118 Å². The van der Waals surface area contributed by atoms with Crippen LogP contribution in [0.1, 0.15) is 43.1 Å². The summed E-state index contributed by atoms with van der Waals surface area (Å²) in [7, 11) is 0. The summed E-state index contributed by atoms with van der Waals surface area (Å²) in [4.78, 5) is 0. The maximum Gasteiger partial charge on any atom is 0.176 e. The van der Waals surface area contributed by atoms with E-state index in [-0.39, 0.29) is 0 Å². The minimum absolute atomic E-state index is 0.397. The van der Waals surface area contributed by atoms with E-state index in [9.17, 15) is 0 Å². The van der Waals surface area contributed by atoms with Gasteiger partial charge in [0.2, 0.25) is 0 Å². The molecule has 0 N–H and O–H groups in total. The number of rotatable bonds is 5. The molecule has 0 aliphatic rings. The topological polar surface area (TPSA) is 43.6 Å². The van der Waals surface area contributed by atoms with Crippen LogP contribution in [0.2, 0.25) is 5.15 Å². The van der Waals surface area contributed by atoms with Gasteiger partial charge in [-0.05, 0) is 44.4 Å². The zero-order chi connectivity index (χ0) is 13.8. The van der Waals surface area contributed by atoms with Crippen LogP contribution in [-0.2, 0) is 6.42 Å². The summed E-state index contributed by atoms with van der Waals surface area (Å²) in [6.45, 7) is 6.35. The van der Waals surface area contributed by atoms with Crippen LogP contribution >= 0.6 is 11.6 Å². The summed E-state index contributed by atoms with van der Waals surface area (Å²) in [6.07, 6.45) is 4.77. The number of aryl methyl sites for hydroxylation is 1. The van der Waals surface area contributed by atoms with Crippen LogP contribution in [0.4, 0.5) is 0 Å². The Morgan fingerprint density at radius 1 is 1.16 bits per heavy atom. The zero-order valence-electron chi connectivity index (χ0n) is 11.6. The highest BCUT2D eigenvalue weighted by Gasteiger charge is 2.13. The quantitative estimate of drug-likeness (QED) is 0.784. The second-order valence-corrected chi connectivity index (χ2v) is 5.12. The summed E-state index contributed by atoms with van der Waals surface area (Å²) >= 11 is 5.76. The first-order chi connectivity index (χ1) is 9.13. The lowest BCUT2D eigenvalue weighted by Crippen LogP contribution is -2.03. The third-order valence-corrected chi connectivity index (χ3v) is 3.51. The van der Waals surface area contributed by atoms with Crippen molar-refractivity contribution in [3.05, 3.63) is 34.2 Å². The Bertz CT molecular complexity index is 545. The fraction of sp³-hybridized carbons (Fsp3) is 0.500. The molecule has 5 heteroatoms. The van der Waals surface area contributed by atoms with Gasteiger partial charge in [-0.15, -0.1) is 10.2 Å². The first kappa shape index (κ1) is 14.0. The molecule has 0 fully saturated rings. The highest BCUT2D eigenvalue weighted by molar-refractivity contribution is 6.29. The van der Waals surface area contributed by atoms with Crippen molar-refractivity contribution in [1.29, 1.82) is 0 Å². The van der Waals surface area contributed by atoms with Crippen molar-refractivity contribution < 1.29 is 0 Å². The molecule has 0 saturated heterocycles. The van der Waals surface area contributed by atoms with E-state index in [4.69, 9.17) is 11.6 Å². The van der Waals surface area contributed by atoms with E-state index >= 15 is 0 Å². The van der Waals surface area contributed by atoms with Crippen LogP contribution in [0.25, 0.3) is 5.82 Å². The van der Waals surface area contributed by atoms with Gasteiger partial charge < -0.3 is 0 Å². The molecule has 0 amide bonds. The van der Waals surface area contributed by atoms with Gasteiger partial charge in [0.05, 0.1) is 5.69 Å². The number of aromatic nitrogens is 4. The van der Waals surface area contributed by atoms with Gasteiger partial charge in [0.15, 0.2) is 11.0 Å². The molecule has 2 rings (SSSR count). The van der Waals surface area contributed by atoms with Gasteiger partial charge in [-0.2, -0.15) is 5.10 Å². The number of hydrogen-bond acceptors (Lipinski definition) is 3. The van der Waals surface area contributed by atoms with E-state index in [1.165, 1.54) is 24.8 Å². The lowest BCUT2D eigenvalue weighted by Gasteiger charge is -2.04. The SMILES string of the molecule is CCCCCc1c(C)nn(-c2ccc(Cl)nn2)c1C. The Kier molecular flexibility index (Phi) is 4.53. The van der Waals surface area contributed by atoms with E-state index in [1.54, 1.807) is 6.07 Å². The number of hydrogen-bond donors (Lipinski definition) is 0. The molecule has 0 aliphatic carbocycles. The fourth-order valence-electron chi connectivity index (χ4n) is 2.23. The van der Waals surface area contributed by atoms with Gasteiger partial charge in [0.1, 0.15) is 0 Å². The molecule has 0 aromatic carbocycles. The molecule has 0 radical (unpaired) electrons. The Hall–Kier alpha value is -1.42. The van der Waals surface area contributed by atoms with Crippen LogP contribution in [0.5, 0.6) is 0 Å². The molecule has 2 aromatic rings. The van der Waals surface area contributed by atoms with Gasteiger partial charge in [-0.25, -0.2) is 4.68 Å². The van der Waals surface area contributed by atoms with E-state index in [1.807, 2.05) is 17.7 Å². The van der Waals surface area contributed by atoms with Gasteiger partial charge in [-0.3, -0.25) is 0 Å².